The van der Waals surface area contributed by atoms with E-state index in [1.165, 1.54) is 0 Å². The quantitative estimate of drug-likeness (QED) is 0.557. The van der Waals surface area contributed by atoms with Gasteiger partial charge in [-0.05, 0) is 0 Å². The average molecular weight is 151 g/mol. The van der Waals surface area contributed by atoms with Gasteiger partial charge in [0.2, 0.25) is 0 Å². The molecule has 4 nitrogen and oxygen atoms in total. The third kappa shape index (κ3) is 1.11. The number of Topliss-reactive ketones (excluding diaryl/α,β-unsaturated/α-hetero) is 1. The molecule has 1 saturated heterocycles. The molecule has 1 fully saturated rings. The van der Waals surface area contributed by atoms with E-state index in [1.54, 1.807) is 12.5 Å². The number of rotatable bonds is 1. The van der Waals surface area contributed by atoms with Crippen LogP contribution >= 0.6 is 0 Å². The zero-order valence-electron chi connectivity index (χ0n) is 6.10. The third-order valence-corrected chi connectivity index (χ3v) is 1.82. The molecule has 1 aliphatic rings. The van der Waals surface area contributed by atoms with Crippen LogP contribution in [0.5, 0.6) is 0 Å². The van der Waals surface area contributed by atoms with Crippen LogP contribution in [0, 0.1) is 0 Å². The summed E-state index contributed by atoms with van der Waals surface area (Å²) in [7, 11) is 0. The molecule has 2 rings (SSSR count). The van der Waals surface area contributed by atoms with Gasteiger partial charge in [-0.3, -0.25) is 9.47 Å². The summed E-state index contributed by atoms with van der Waals surface area (Å²) < 4.78 is 1.85. The van der Waals surface area contributed by atoms with E-state index in [1.807, 2.05) is 15.9 Å². The molecule has 0 N–H and O–H groups in total. The van der Waals surface area contributed by atoms with Crippen molar-refractivity contribution in [1.82, 2.24) is 9.66 Å². The van der Waals surface area contributed by atoms with E-state index in [2.05, 4.69) is 4.98 Å². The molecule has 0 radical (unpaired) electrons. The molecular weight excluding hydrogens is 142 g/mol. The van der Waals surface area contributed by atoms with Crippen LogP contribution in [0.1, 0.15) is 6.42 Å². The van der Waals surface area contributed by atoms with Crippen molar-refractivity contribution in [2.24, 2.45) is 0 Å². The zero-order chi connectivity index (χ0) is 7.68. The fourth-order valence-corrected chi connectivity index (χ4v) is 1.23. The second kappa shape index (κ2) is 2.38. The Kier molecular flexibility index (Phi) is 1.38. The topological polar surface area (TPSA) is 38.1 Å². The van der Waals surface area contributed by atoms with Crippen LogP contribution < -0.4 is 5.01 Å². The summed E-state index contributed by atoms with van der Waals surface area (Å²) in [5, 5.41) is 1.97. The second-order valence-corrected chi connectivity index (χ2v) is 2.62. The summed E-state index contributed by atoms with van der Waals surface area (Å²) in [5.74, 6) is 0.304. The molecule has 1 aliphatic heterocycles. The van der Waals surface area contributed by atoms with Gasteiger partial charge < -0.3 is 5.01 Å². The molecule has 0 atom stereocenters. The Morgan fingerprint density at radius 3 is 3.00 bits per heavy atom. The first-order chi connectivity index (χ1) is 5.36. The molecular formula is C7H9N3O. The number of carbonyl (C=O) groups excluding carboxylic acids is 1. The van der Waals surface area contributed by atoms with Gasteiger partial charge in [-0.1, -0.05) is 0 Å². The highest BCUT2D eigenvalue weighted by Crippen LogP contribution is 2.02. The van der Waals surface area contributed by atoms with Gasteiger partial charge in [0, 0.05) is 25.4 Å². The Labute approximate surface area is 64.4 Å². The number of aromatic nitrogens is 2. The van der Waals surface area contributed by atoms with Crippen LogP contribution in [-0.4, -0.2) is 28.5 Å². The second-order valence-electron chi connectivity index (χ2n) is 2.62. The first kappa shape index (κ1) is 6.39. The van der Waals surface area contributed by atoms with Gasteiger partial charge in [-0.15, -0.1) is 0 Å². The van der Waals surface area contributed by atoms with Crippen molar-refractivity contribution in [3.05, 3.63) is 18.7 Å². The minimum Gasteiger partial charge on any atom is -0.304 e. The van der Waals surface area contributed by atoms with E-state index in [9.17, 15) is 4.79 Å². The van der Waals surface area contributed by atoms with Crippen LogP contribution in [0.15, 0.2) is 18.7 Å². The van der Waals surface area contributed by atoms with Gasteiger partial charge in [0.15, 0.2) is 5.78 Å². The number of hydrogen-bond acceptors (Lipinski definition) is 3. The van der Waals surface area contributed by atoms with Gasteiger partial charge in [0.1, 0.15) is 6.33 Å². The highest BCUT2D eigenvalue weighted by atomic mass is 16.1. The monoisotopic (exact) mass is 151 g/mol. The molecule has 0 bridgehead atoms. The van der Waals surface area contributed by atoms with E-state index in [0.29, 0.717) is 18.7 Å². The Morgan fingerprint density at radius 2 is 2.45 bits per heavy atom. The molecule has 2 heterocycles. The van der Waals surface area contributed by atoms with Crippen LogP contribution in [0.2, 0.25) is 0 Å². The Hall–Kier alpha value is -1.32. The van der Waals surface area contributed by atoms with E-state index in [4.69, 9.17) is 0 Å². The van der Waals surface area contributed by atoms with E-state index in [-0.39, 0.29) is 0 Å². The maximum atomic E-state index is 10.9. The van der Waals surface area contributed by atoms with Crippen molar-refractivity contribution in [2.45, 2.75) is 6.42 Å². The number of carbonyl (C=O) groups is 1. The largest absolute Gasteiger partial charge is 0.304 e. The Morgan fingerprint density at radius 1 is 1.55 bits per heavy atom. The highest BCUT2D eigenvalue weighted by molar-refractivity contribution is 5.84. The number of imidazole rings is 1. The van der Waals surface area contributed by atoms with Crippen LogP contribution in [0.3, 0.4) is 0 Å². The fraction of sp³-hybridized carbons (Fsp3) is 0.429. The number of hydrogen-bond donors (Lipinski definition) is 0. The lowest BCUT2D eigenvalue weighted by atomic mass is 10.4. The van der Waals surface area contributed by atoms with Gasteiger partial charge >= 0.3 is 0 Å². The van der Waals surface area contributed by atoms with E-state index >= 15 is 0 Å². The lowest BCUT2D eigenvalue weighted by molar-refractivity contribution is -0.116. The summed E-state index contributed by atoms with van der Waals surface area (Å²) in [5.41, 5.74) is 0. The molecule has 4 heteroatoms. The lowest BCUT2D eigenvalue weighted by Gasteiger charge is -2.16. The average Bonchev–Trinajstić information content (AvgIpc) is 2.55. The minimum absolute atomic E-state index is 0.304. The molecule has 0 aromatic carbocycles. The molecule has 0 amide bonds. The van der Waals surface area contributed by atoms with Crippen LogP contribution in [0.25, 0.3) is 0 Å². The summed E-state index contributed by atoms with van der Waals surface area (Å²) >= 11 is 0. The molecule has 0 aliphatic carbocycles. The summed E-state index contributed by atoms with van der Waals surface area (Å²) in [6.45, 7) is 1.34. The third-order valence-electron chi connectivity index (χ3n) is 1.82. The van der Waals surface area contributed by atoms with Gasteiger partial charge in [0.25, 0.3) is 0 Å². The van der Waals surface area contributed by atoms with E-state index in [0.717, 1.165) is 6.54 Å². The standard InChI is InChI=1S/C7H9N3O/c11-7-1-3-9(5-7)10-4-2-8-6-10/h2,4,6H,1,3,5H2. The smallest absolute Gasteiger partial charge is 0.155 e. The predicted octanol–water partition coefficient (Wildman–Crippen LogP) is -0.206. The molecule has 0 unspecified atom stereocenters. The molecule has 0 spiro atoms. The van der Waals surface area contributed by atoms with Crippen molar-refractivity contribution in [3.63, 3.8) is 0 Å². The summed E-state index contributed by atoms with van der Waals surface area (Å²) in [4.78, 5) is 14.8. The molecule has 1 aromatic rings. The minimum atomic E-state index is 0.304. The molecule has 0 saturated carbocycles. The Balaban J connectivity index is 2.13. The van der Waals surface area contributed by atoms with Crippen molar-refractivity contribution < 1.29 is 4.79 Å². The number of nitrogens with zero attached hydrogens (tertiary/aromatic N) is 3. The van der Waals surface area contributed by atoms with Gasteiger partial charge in [-0.2, -0.15) is 0 Å². The Bertz CT molecular complexity index is 255. The first-order valence-corrected chi connectivity index (χ1v) is 3.61. The van der Waals surface area contributed by atoms with E-state index < -0.39 is 0 Å². The van der Waals surface area contributed by atoms with Crippen LogP contribution in [-0.2, 0) is 4.79 Å². The summed E-state index contributed by atoms with van der Waals surface area (Å²) in [6, 6.07) is 0. The lowest BCUT2D eigenvalue weighted by Crippen LogP contribution is -2.30. The van der Waals surface area contributed by atoms with Crippen molar-refractivity contribution in [1.29, 1.82) is 0 Å². The molecule has 58 valence electrons. The maximum Gasteiger partial charge on any atom is 0.155 e. The summed E-state index contributed by atoms with van der Waals surface area (Å²) in [6.07, 6.45) is 5.93. The highest BCUT2D eigenvalue weighted by Gasteiger charge is 2.18. The van der Waals surface area contributed by atoms with Crippen molar-refractivity contribution >= 4 is 5.78 Å². The predicted molar refractivity (Wildman–Crippen MR) is 39.8 cm³/mol. The zero-order valence-corrected chi connectivity index (χ0v) is 6.10. The molecule has 11 heavy (non-hydrogen) atoms. The van der Waals surface area contributed by atoms with Gasteiger partial charge in [-0.25, -0.2) is 4.98 Å². The normalized spacial score (nSPS) is 17.8. The SMILES string of the molecule is O=C1CCN(n2ccnc2)C1. The number of ketones is 1. The van der Waals surface area contributed by atoms with Gasteiger partial charge in [0.05, 0.1) is 6.54 Å². The maximum absolute atomic E-state index is 10.9. The molecule has 1 aromatic heterocycles. The fourth-order valence-electron chi connectivity index (χ4n) is 1.23. The van der Waals surface area contributed by atoms with Crippen LogP contribution in [0.4, 0.5) is 0 Å². The van der Waals surface area contributed by atoms with Crippen molar-refractivity contribution in [2.75, 3.05) is 18.1 Å². The first-order valence-electron chi connectivity index (χ1n) is 3.61. The van der Waals surface area contributed by atoms with Crippen molar-refractivity contribution in [3.8, 4) is 0 Å².